The lowest BCUT2D eigenvalue weighted by atomic mass is 9.89. The molecule has 4 rings (SSSR count). The lowest BCUT2D eigenvalue weighted by Crippen LogP contribution is -2.61. The van der Waals surface area contributed by atoms with Crippen molar-refractivity contribution in [1.82, 2.24) is 10.2 Å². The SMILES string of the molecule is CC(C)[C@H](N)C(=O)N[C@](C)(Cc1ccc(OCc2ccccc2)cc1)C(=O)N(C)[C@H](C)c1cccc2ccccc12. The van der Waals surface area contributed by atoms with Crippen molar-refractivity contribution in [3.05, 3.63) is 114 Å². The Morgan fingerprint density at radius 3 is 2.17 bits per heavy atom. The maximum absolute atomic E-state index is 14.2. The molecule has 0 aliphatic heterocycles. The number of likely N-dealkylation sites (N-methyl/N-ethyl adjacent to an activating group) is 1. The summed E-state index contributed by atoms with van der Waals surface area (Å²) in [6, 6.07) is 31.0. The molecule has 3 N–H and O–H groups in total. The molecular formula is C35H41N3O3. The second-order valence-electron chi connectivity index (χ2n) is 11.3. The zero-order chi connectivity index (χ0) is 29.6. The predicted molar refractivity (Wildman–Crippen MR) is 165 cm³/mol. The summed E-state index contributed by atoms with van der Waals surface area (Å²) in [5, 5.41) is 5.24. The maximum atomic E-state index is 14.2. The van der Waals surface area contributed by atoms with Gasteiger partial charge in [-0.15, -0.1) is 0 Å². The fraction of sp³-hybridized carbons (Fsp3) is 0.314. The molecule has 2 amide bonds. The first-order valence-electron chi connectivity index (χ1n) is 14.2. The molecule has 214 valence electrons. The Hall–Kier alpha value is -4.16. The minimum absolute atomic E-state index is 0.0669. The van der Waals surface area contributed by atoms with E-state index in [9.17, 15) is 9.59 Å². The van der Waals surface area contributed by atoms with E-state index in [0.717, 1.165) is 33.2 Å². The minimum Gasteiger partial charge on any atom is -0.489 e. The van der Waals surface area contributed by atoms with E-state index in [1.165, 1.54) is 0 Å². The van der Waals surface area contributed by atoms with Crippen molar-refractivity contribution in [2.75, 3.05) is 7.05 Å². The number of nitrogens with two attached hydrogens (primary N) is 1. The molecule has 0 fully saturated rings. The normalized spacial score (nSPS) is 14.2. The van der Waals surface area contributed by atoms with Gasteiger partial charge >= 0.3 is 0 Å². The highest BCUT2D eigenvalue weighted by Gasteiger charge is 2.40. The molecule has 3 atom stereocenters. The van der Waals surface area contributed by atoms with Crippen LogP contribution >= 0.6 is 0 Å². The first kappa shape index (κ1) is 29.8. The van der Waals surface area contributed by atoms with Gasteiger partial charge in [-0.1, -0.05) is 98.8 Å². The van der Waals surface area contributed by atoms with Gasteiger partial charge in [0.1, 0.15) is 17.9 Å². The number of carbonyl (C=O) groups excluding carboxylic acids is 2. The van der Waals surface area contributed by atoms with Crippen LogP contribution in [-0.2, 0) is 22.6 Å². The summed E-state index contributed by atoms with van der Waals surface area (Å²) in [5.74, 6) is 0.137. The zero-order valence-electron chi connectivity index (χ0n) is 24.6. The second-order valence-corrected chi connectivity index (χ2v) is 11.3. The number of nitrogens with zero attached hydrogens (tertiary/aromatic N) is 1. The second kappa shape index (κ2) is 13.0. The van der Waals surface area contributed by atoms with Crippen molar-refractivity contribution in [1.29, 1.82) is 0 Å². The van der Waals surface area contributed by atoms with Gasteiger partial charge in [0.05, 0.1) is 12.1 Å². The third-order valence-corrected chi connectivity index (χ3v) is 7.80. The Balaban J connectivity index is 1.57. The first-order chi connectivity index (χ1) is 19.6. The van der Waals surface area contributed by atoms with Crippen LogP contribution in [0.15, 0.2) is 97.1 Å². The van der Waals surface area contributed by atoms with Crippen LogP contribution in [0.25, 0.3) is 10.8 Å². The Bertz CT molecular complexity index is 1460. The van der Waals surface area contributed by atoms with E-state index in [1.807, 2.05) is 93.6 Å². The van der Waals surface area contributed by atoms with E-state index < -0.39 is 11.6 Å². The highest BCUT2D eigenvalue weighted by molar-refractivity contribution is 5.94. The number of benzene rings is 4. The van der Waals surface area contributed by atoms with Crippen molar-refractivity contribution >= 4 is 22.6 Å². The lowest BCUT2D eigenvalue weighted by molar-refractivity contribution is -0.142. The predicted octanol–water partition coefficient (Wildman–Crippen LogP) is 6.04. The Labute approximate surface area is 243 Å². The average molecular weight is 552 g/mol. The number of amides is 2. The number of carbonyl (C=O) groups is 2. The molecule has 0 aromatic heterocycles. The number of nitrogens with one attached hydrogen (secondary N) is 1. The number of hydrogen-bond donors (Lipinski definition) is 2. The van der Waals surface area contributed by atoms with E-state index in [0.29, 0.717) is 13.0 Å². The Morgan fingerprint density at radius 1 is 0.854 bits per heavy atom. The number of fused-ring (bicyclic) bond motifs is 1. The summed E-state index contributed by atoms with van der Waals surface area (Å²) < 4.78 is 5.94. The molecule has 0 aliphatic rings. The monoisotopic (exact) mass is 551 g/mol. The molecule has 6 heteroatoms. The van der Waals surface area contributed by atoms with E-state index >= 15 is 0 Å². The van der Waals surface area contributed by atoms with Crippen LogP contribution in [0.2, 0.25) is 0 Å². The van der Waals surface area contributed by atoms with Gasteiger partial charge in [-0.3, -0.25) is 9.59 Å². The van der Waals surface area contributed by atoms with Crippen molar-refractivity contribution < 1.29 is 14.3 Å². The van der Waals surface area contributed by atoms with Crippen LogP contribution in [0.3, 0.4) is 0 Å². The van der Waals surface area contributed by atoms with Crippen LogP contribution in [0, 0.1) is 5.92 Å². The molecule has 0 unspecified atom stereocenters. The van der Waals surface area contributed by atoms with Gasteiger partial charge in [-0.05, 0) is 59.4 Å². The summed E-state index contributed by atoms with van der Waals surface area (Å²) in [4.78, 5) is 29.1. The van der Waals surface area contributed by atoms with Gasteiger partial charge in [0.15, 0.2) is 0 Å². The van der Waals surface area contributed by atoms with Crippen LogP contribution in [0.5, 0.6) is 5.75 Å². The van der Waals surface area contributed by atoms with E-state index in [1.54, 1.807) is 18.9 Å². The van der Waals surface area contributed by atoms with Crippen molar-refractivity contribution in [2.24, 2.45) is 11.7 Å². The van der Waals surface area contributed by atoms with E-state index in [-0.39, 0.29) is 23.8 Å². The van der Waals surface area contributed by atoms with Crippen molar-refractivity contribution in [3.63, 3.8) is 0 Å². The molecule has 0 saturated heterocycles. The number of ether oxygens (including phenoxy) is 1. The third-order valence-electron chi connectivity index (χ3n) is 7.80. The fourth-order valence-electron chi connectivity index (χ4n) is 5.07. The molecule has 0 heterocycles. The largest absolute Gasteiger partial charge is 0.489 e. The standard InChI is InChI=1S/C35H41N3O3/c1-24(2)32(36)33(39)37-35(4,22-26-18-20-29(21-19-26)41-23-27-12-7-6-8-13-27)34(40)38(5)25(3)30-17-11-15-28-14-9-10-16-31(28)30/h6-21,24-25,32H,22-23,36H2,1-5H3,(H,37,39)/t25-,32+,35-/m1/s1. The Kier molecular flexibility index (Phi) is 9.46. The van der Waals surface area contributed by atoms with Crippen LogP contribution in [0.1, 0.15) is 50.4 Å². The maximum Gasteiger partial charge on any atom is 0.248 e. The third kappa shape index (κ3) is 7.14. The minimum atomic E-state index is -1.22. The van der Waals surface area contributed by atoms with E-state index in [4.69, 9.17) is 10.5 Å². The van der Waals surface area contributed by atoms with Crippen LogP contribution in [-0.4, -0.2) is 35.3 Å². The number of rotatable bonds is 11. The molecule has 0 radical (unpaired) electrons. The summed E-state index contributed by atoms with van der Waals surface area (Å²) >= 11 is 0. The van der Waals surface area contributed by atoms with E-state index in [2.05, 4.69) is 29.6 Å². The molecule has 0 saturated carbocycles. The van der Waals surface area contributed by atoms with Gasteiger partial charge in [0, 0.05) is 13.5 Å². The smallest absolute Gasteiger partial charge is 0.248 e. The highest BCUT2D eigenvalue weighted by Crippen LogP contribution is 2.30. The molecular weight excluding hydrogens is 510 g/mol. The molecule has 0 spiro atoms. The molecule has 4 aromatic rings. The molecule has 4 aromatic carbocycles. The lowest BCUT2D eigenvalue weighted by Gasteiger charge is -2.37. The Morgan fingerprint density at radius 2 is 1.49 bits per heavy atom. The van der Waals surface area contributed by atoms with Gasteiger partial charge in [0.25, 0.3) is 0 Å². The van der Waals surface area contributed by atoms with Crippen LogP contribution < -0.4 is 15.8 Å². The quantitative estimate of drug-likeness (QED) is 0.238. The molecule has 6 nitrogen and oxygen atoms in total. The van der Waals surface area contributed by atoms with Crippen molar-refractivity contribution in [2.45, 2.75) is 58.3 Å². The molecule has 0 aliphatic carbocycles. The summed E-state index contributed by atoms with van der Waals surface area (Å²) in [6.45, 7) is 8.06. The first-order valence-corrected chi connectivity index (χ1v) is 14.2. The topological polar surface area (TPSA) is 84.7 Å². The average Bonchev–Trinajstić information content (AvgIpc) is 2.99. The summed E-state index contributed by atoms with van der Waals surface area (Å²) in [7, 11) is 1.79. The number of hydrogen-bond acceptors (Lipinski definition) is 4. The fourth-order valence-corrected chi connectivity index (χ4v) is 5.07. The molecule has 0 bridgehead atoms. The van der Waals surface area contributed by atoms with Gasteiger partial charge in [-0.25, -0.2) is 0 Å². The van der Waals surface area contributed by atoms with Gasteiger partial charge in [-0.2, -0.15) is 0 Å². The van der Waals surface area contributed by atoms with Gasteiger partial charge < -0.3 is 20.7 Å². The zero-order valence-corrected chi connectivity index (χ0v) is 24.6. The van der Waals surface area contributed by atoms with Gasteiger partial charge in [0.2, 0.25) is 11.8 Å². The summed E-state index contributed by atoms with van der Waals surface area (Å²) in [5.41, 5.74) is 8.01. The van der Waals surface area contributed by atoms with Crippen LogP contribution in [0.4, 0.5) is 0 Å². The van der Waals surface area contributed by atoms with Crippen molar-refractivity contribution in [3.8, 4) is 5.75 Å². The molecule has 41 heavy (non-hydrogen) atoms. The highest BCUT2D eigenvalue weighted by atomic mass is 16.5. The summed E-state index contributed by atoms with van der Waals surface area (Å²) in [6.07, 6.45) is 0.300.